The van der Waals surface area contributed by atoms with Crippen LogP contribution in [0.2, 0.25) is 0 Å². The normalized spacial score (nSPS) is 17.0. The fourth-order valence-corrected chi connectivity index (χ4v) is 5.58. The van der Waals surface area contributed by atoms with Gasteiger partial charge < -0.3 is 29.2 Å². The number of methoxy groups -OCH3 is 1. The molecule has 2 aliphatic rings. The molecular formula is C36H42BF2N3O6. The first kappa shape index (κ1) is 35.0. The zero-order valence-corrected chi connectivity index (χ0v) is 28.2. The number of anilines is 1. The van der Waals surface area contributed by atoms with Crippen molar-refractivity contribution < 1.29 is 37.2 Å². The molecule has 0 bridgehead atoms. The van der Waals surface area contributed by atoms with E-state index in [9.17, 15) is 23.2 Å². The van der Waals surface area contributed by atoms with Crippen LogP contribution in [0.5, 0.6) is 5.75 Å². The monoisotopic (exact) mass is 661 g/mol. The summed E-state index contributed by atoms with van der Waals surface area (Å²) in [4.78, 5) is 43.5. The molecule has 3 aromatic rings. The largest absolute Gasteiger partial charge is 0.497 e. The van der Waals surface area contributed by atoms with Gasteiger partial charge in [-0.1, -0.05) is 24.3 Å². The van der Waals surface area contributed by atoms with Crippen LogP contribution in [-0.4, -0.2) is 73.7 Å². The summed E-state index contributed by atoms with van der Waals surface area (Å²) in [6.07, 6.45) is 1.46. The molecule has 3 amide bonds. The second kappa shape index (κ2) is 14.1. The molecule has 1 aliphatic carbocycles. The van der Waals surface area contributed by atoms with Crippen LogP contribution in [0.15, 0.2) is 66.7 Å². The number of amides is 3. The quantitative estimate of drug-likeness (QED) is 0.293. The molecule has 1 saturated heterocycles. The Morgan fingerprint density at radius 1 is 0.917 bits per heavy atom. The standard InChI is InChI=1S/C36H42BF2N3O6/c1-35(2)36(3,4)48-37(47-35)25-9-7-23(8-10-25)20-33(44)42(29-11-12-29)22-32(43)40-31(19-24-17-26(38)21-27(39)18-24)34(45)41(5)28-13-15-30(46-6)16-14-28/h7-10,13-18,21,29,31H,11-12,19-20,22H2,1-6H3,(H,40,43)/t31-/m0/s1. The highest BCUT2D eigenvalue weighted by atomic mass is 19.1. The number of likely N-dealkylation sites (N-methyl/N-ethyl adjacent to an activating group) is 1. The third-order valence-electron chi connectivity index (χ3n) is 9.27. The molecule has 254 valence electrons. The molecule has 2 fully saturated rings. The fourth-order valence-electron chi connectivity index (χ4n) is 5.58. The third-order valence-corrected chi connectivity index (χ3v) is 9.27. The Hall–Kier alpha value is -4.29. The van der Waals surface area contributed by atoms with Gasteiger partial charge in [0.1, 0.15) is 23.4 Å². The molecular weight excluding hydrogens is 619 g/mol. The summed E-state index contributed by atoms with van der Waals surface area (Å²) in [6, 6.07) is 16.0. The topological polar surface area (TPSA) is 97.4 Å². The SMILES string of the molecule is COc1ccc(N(C)C(=O)[C@H](Cc2cc(F)cc(F)c2)NC(=O)CN(C(=O)Cc2ccc(B3OC(C)(C)C(C)(C)O3)cc2)C2CC2)cc1. The highest BCUT2D eigenvalue weighted by Gasteiger charge is 2.51. The van der Waals surface area contributed by atoms with Crippen LogP contribution >= 0.6 is 0 Å². The van der Waals surface area contributed by atoms with E-state index in [-0.39, 0.29) is 36.9 Å². The van der Waals surface area contributed by atoms with Crippen LogP contribution in [0.4, 0.5) is 14.5 Å². The lowest BCUT2D eigenvalue weighted by atomic mass is 9.79. The van der Waals surface area contributed by atoms with Gasteiger partial charge in [0, 0.05) is 31.3 Å². The highest BCUT2D eigenvalue weighted by Crippen LogP contribution is 2.36. The Bertz CT molecular complexity index is 1610. The number of nitrogens with zero attached hydrogens (tertiary/aromatic N) is 2. The van der Waals surface area contributed by atoms with E-state index in [1.165, 1.54) is 16.9 Å². The molecule has 0 spiro atoms. The average molecular weight is 662 g/mol. The zero-order valence-electron chi connectivity index (χ0n) is 28.2. The van der Waals surface area contributed by atoms with Crippen LogP contribution in [-0.2, 0) is 36.5 Å². The van der Waals surface area contributed by atoms with Crippen LogP contribution in [0.3, 0.4) is 0 Å². The number of ether oxygens (including phenoxy) is 1. The van der Waals surface area contributed by atoms with Crippen LogP contribution in [0.1, 0.15) is 51.7 Å². The molecule has 9 nitrogen and oxygen atoms in total. The lowest BCUT2D eigenvalue weighted by Crippen LogP contribution is -2.52. The Balaban J connectivity index is 1.27. The molecule has 0 radical (unpaired) electrons. The van der Waals surface area contributed by atoms with Crippen LogP contribution in [0.25, 0.3) is 0 Å². The number of rotatable bonds is 12. The Morgan fingerprint density at radius 3 is 2.04 bits per heavy atom. The van der Waals surface area contributed by atoms with Crippen molar-refractivity contribution in [1.82, 2.24) is 10.2 Å². The maximum absolute atomic E-state index is 14.0. The van der Waals surface area contributed by atoms with Gasteiger partial charge in [-0.3, -0.25) is 14.4 Å². The molecule has 1 aliphatic heterocycles. The Labute approximate surface area is 280 Å². The first-order valence-electron chi connectivity index (χ1n) is 16.1. The second-order valence-corrected chi connectivity index (χ2v) is 13.5. The van der Waals surface area contributed by atoms with E-state index in [1.807, 2.05) is 52.0 Å². The van der Waals surface area contributed by atoms with Gasteiger partial charge in [0.05, 0.1) is 31.3 Å². The molecule has 1 N–H and O–H groups in total. The Kier molecular flexibility index (Phi) is 10.3. The summed E-state index contributed by atoms with van der Waals surface area (Å²) in [7, 11) is 2.56. The number of hydrogen-bond acceptors (Lipinski definition) is 6. The summed E-state index contributed by atoms with van der Waals surface area (Å²) in [5.41, 5.74) is 1.41. The van der Waals surface area contributed by atoms with E-state index < -0.39 is 47.8 Å². The summed E-state index contributed by atoms with van der Waals surface area (Å²) < 4.78 is 45.5. The predicted octanol–water partition coefficient (Wildman–Crippen LogP) is 4.20. The first-order chi connectivity index (χ1) is 22.7. The minimum atomic E-state index is -1.16. The zero-order chi connectivity index (χ0) is 34.8. The average Bonchev–Trinajstić information content (AvgIpc) is 3.84. The first-order valence-corrected chi connectivity index (χ1v) is 16.1. The summed E-state index contributed by atoms with van der Waals surface area (Å²) in [5.74, 6) is -2.25. The number of benzene rings is 3. The molecule has 0 aromatic heterocycles. The molecule has 48 heavy (non-hydrogen) atoms. The number of hydrogen-bond donors (Lipinski definition) is 1. The summed E-state index contributed by atoms with van der Waals surface area (Å²) in [6.45, 7) is 7.69. The van der Waals surface area contributed by atoms with E-state index in [0.29, 0.717) is 11.4 Å². The van der Waals surface area contributed by atoms with Crippen molar-refractivity contribution in [3.05, 3.63) is 89.5 Å². The smallest absolute Gasteiger partial charge is 0.494 e. The minimum Gasteiger partial charge on any atom is -0.497 e. The molecule has 1 saturated carbocycles. The van der Waals surface area contributed by atoms with Gasteiger partial charge in [-0.25, -0.2) is 8.78 Å². The van der Waals surface area contributed by atoms with Crippen molar-refractivity contribution in [2.45, 2.75) is 76.7 Å². The number of nitrogens with one attached hydrogen (secondary N) is 1. The highest BCUT2D eigenvalue weighted by molar-refractivity contribution is 6.62. The third kappa shape index (κ3) is 8.22. The van der Waals surface area contributed by atoms with Crippen molar-refractivity contribution in [3.63, 3.8) is 0 Å². The molecule has 5 rings (SSSR count). The summed E-state index contributed by atoms with van der Waals surface area (Å²) in [5, 5.41) is 2.74. The van der Waals surface area contributed by atoms with Gasteiger partial charge >= 0.3 is 7.12 Å². The van der Waals surface area contributed by atoms with Crippen molar-refractivity contribution >= 4 is 36.0 Å². The van der Waals surface area contributed by atoms with Gasteiger partial charge in [-0.2, -0.15) is 0 Å². The van der Waals surface area contributed by atoms with E-state index in [4.69, 9.17) is 14.0 Å². The Morgan fingerprint density at radius 2 is 1.50 bits per heavy atom. The van der Waals surface area contributed by atoms with E-state index in [2.05, 4.69) is 5.32 Å². The fraction of sp³-hybridized carbons (Fsp3) is 0.417. The van der Waals surface area contributed by atoms with Crippen LogP contribution in [0, 0.1) is 11.6 Å². The van der Waals surface area contributed by atoms with E-state index in [1.54, 1.807) is 31.3 Å². The van der Waals surface area contributed by atoms with Crippen LogP contribution < -0.4 is 20.4 Å². The maximum Gasteiger partial charge on any atom is 0.494 e. The predicted molar refractivity (Wildman–Crippen MR) is 179 cm³/mol. The molecule has 1 heterocycles. The number of carbonyl (C=O) groups excluding carboxylic acids is 3. The van der Waals surface area contributed by atoms with Gasteiger partial charge in [0.2, 0.25) is 17.7 Å². The van der Waals surface area contributed by atoms with E-state index in [0.717, 1.165) is 42.1 Å². The molecule has 12 heteroatoms. The van der Waals surface area contributed by atoms with Crippen molar-refractivity contribution in [2.24, 2.45) is 0 Å². The lowest BCUT2D eigenvalue weighted by Gasteiger charge is -2.32. The molecule has 1 atom stereocenters. The molecule has 3 aromatic carbocycles. The lowest BCUT2D eigenvalue weighted by molar-refractivity contribution is -0.136. The van der Waals surface area contributed by atoms with Gasteiger partial charge in [-0.15, -0.1) is 0 Å². The number of halogens is 2. The van der Waals surface area contributed by atoms with Crippen molar-refractivity contribution in [3.8, 4) is 5.75 Å². The van der Waals surface area contributed by atoms with Gasteiger partial charge in [-0.05, 0) is 93.5 Å². The van der Waals surface area contributed by atoms with Crippen molar-refractivity contribution in [1.29, 1.82) is 0 Å². The number of carbonyl (C=O) groups is 3. The van der Waals surface area contributed by atoms with Gasteiger partial charge in [0.25, 0.3) is 0 Å². The minimum absolute atomic E-state index is 0.0819. The van der Waals surface area contributed by atoms with Gasteiger partial charge in [0.15, 0.2) is 0 Å². The second-order valence-electron chi connectivity index (χ2n) is 13.5. The van der Waals surface area contributed by atoms with Crippen molar-refractivity contribution in [2.75, 3.05) is 25.6 Å². The molecule has 0 unspecified atom stereocenters. The summed E-state index contributed by atoms with van der Waals surface area (Å²) >= 11 is 0. The van der Waals surface area contributed by atoms with E-state index >= 15 is 0 Å². The maximum atomic E-state index is 14.0.